The molecule has 11 heavy (non-hydrogen) atoms. The molecule has 0 aliphatic carbocycles. The van der Waals surface area contributed by atoms with Gasteiger partial charge in [-0.25, -0.2) is 0 Å². The van der Waals surface area contributed by atoms with Crippen LogP contribution in [-0.4, -0.2) is 11.7 Å². The van der Waals surface area contributed by atoms with Crippen molar-refractivity contribution in [2.45, 2.75) is 45.8 Å². The summed E-state index contributed by atoms with van der Waals surface area (Å²) in [6.07, 6.45) is 2.01. The Morgan fingerprint density at radius 3 is 2.45 bits per heavy atom. The van der Waals surface area contributed by atoms with Gasteiger partial charge < -0.3 is 4.74 Å². The molecule has 0 aromatic heterocycles. The number of rotatable bonds is 4. The monoisotopic (exact) mass is 159 g/mol. The number of hydrogen-bond donors (Lipinski definition) is 1. The lowest BCUT2D eigenvalue weighted by molar-refractivity contribution is -0.157. The molecule has 0 fully saturated rings. The fourth-order valence-electron chi connectivity index (χ4n) is 0.880. The van der Waals surface area contributed by atoms with Crippen LogP contribution in [0.15, 0.2) is 0 Å². The second-order valence-corrected chi connectivity index (χ2v) is 2.89. The van der Waals surface area contributed by atoms with Crippen molar-refractivity contribution in [3.8, 4) is 0 Å². The van der Waals surface area contributed by atoms with E-state index in [4.69, 9.17) is 10.5 Å². The molecule has 0 aromatic carbocycles. The van der Waals surface area contributed by atoms with E-state index >= 15 is 0 Å². The quantitative estimate of drug-likeness (QED) is 0.498. The molecule has 0 saturated carbocycles. The second-order valence-electron chi connectivity index (χ2n) is 2.89. The lowest BCUT2D eigenvalue weighted by atomic mass is 10.1. The van der Waals surface area contributed by atoms with Gasteiger partial charge in [-0.15, -0.1) is 0 Å². The molecule has 0 radical (unpaired) electrons. The maximum atomic E-state index is 10.8. The smallest absolute Gasteiger partial charge is 0.307 e. The van der Waals surface area contributed by atoms with E-state index in [1.165, 1.54) is 0 Å². The highest BCUT2D eigenvalue weighted by Gasteiger charge is 2.20. The highest BCUT2D eigenvalue weighted by molar-refractivity contribution is 5.69. The van der Waals surface area contributed by atoms with Gasteiger partial charge in [0.1, 0.15) is 0 Å². The Morgan fingerprint density at radius 1 is 1.55 bits per heavy atom. The van der Waals surface area contributed by atoms with E-state index in [1.54, 1.807) is 13.8 Å². The summed E-state index contributed by atoms with van der Waals surface area (Å²) in [7, 11) is 0. The Labute approximate surface area is 67.9 Å². The number of esters is 1. The van der Waals surface area contributed by atoms with Crippen LogP contribution in [0.5, 0.6) is 0 Å². The van der Waals surface area contributed by atoms with Crippen molar-refractivity contribution in [2.24, 2.45) is 5.73 Å². The molecule has 0 heterocycles. The summed E-state index contributed by atoms with van der Waals surface area (Å²) in [6, 6.07) is 0. The first-order valence-corrected chi connectivity index (χ1v) is 4.02. The second kappa shape index (κ2) is 4.34. The first-order chi connectivity index (χ1) is 5.02. The minimum Gasteiger partial charge on any atom is -0.444 e. The van der Waals surface area contributed by atoms with Crippen molar-refractivity contribution < 1.29 is 9.53 Å². The fraction of sp³-hybridized carbons (Fsp3) is 0.875. The van der Waals surface area contributed by atoms with Gasteiger partial charge in [-0.05, 0) is 6.92 Å². The van der Waals surface area contributed by atoms with Crippen molar-refractivity contribution in [1.82, 2.24) is 0 Å². The molecule has 0 spiro atoms. The summed E-state index contributed by atoms with van der Waals surface area (Å²) in [4.78, 5) is 10.8. The lowest BCUT2D eigenvalue weighted by Crippen LogP contribution is -2.40. The Bertz CT molecular complexity index is 132. The molecular formula is C8H17NO2. The Kier molecular flexibility index (Phi) is 4.11. The molecule has 0 aromatic rings. The molecule has 0 amide bonds. The van der Waals surface area contributed by atoms with Crippen molar-refractivity contribution in [3.05, 3.63) is 0 Å². The van der Waals surface area contributed by atoms with Gasteiger partial charge in [-0.1, -0.05) is 20.3 Å². The lowest BCUT2D eigenvalue weighted by Gasteiger charge is -2.23. The molecule has 2 N–H and O–H groups in total. The summed E-state index contributed by atoms with van der Waals surface area (Å²) in [5.74, 6) is -0.233. The van der Waals surface area contributed by atoms with E-state index in [0.717, 1.165) is 6.42 Å². The molecule has 0 saturated heterocycles. The molecular weight excluding hydrogens is 142 g/mol. The van der Waals surface area contributed by atoms with Crippen LogP contribution in [0.25, 0.3) is 0 Å². The van der Waals surface area contributed by atoms with Crippen LogP contribution >= 0.6 is 0 Å². The molecule has 1 atom stereocenters. The summed E-state index contributed by atoms with van der Waals surface area (Å²) in [5, 5.41) is 0. The van der Waals surface area contributed by atoms with Crippen molar-refractivity contribution >= 4 is 5.97 Å². The number of nitrogens with two attached hydrogens (primary N) is 1. The molecule has 0 aliphatic heterocycles. The minimum absolute atomic E-state index is 0.233. The number of carbonyl (C=O) groups excluding carboxylic acids is 1. The predicted octanol–water partition coefficient (Wildman–Crippen LogP) is 1.41. The number of carbonyl (C=O) groups is 1. The summed E-state index contributed by atoms with van der Waals surface area (Å²) < 4.78 is 4.97. The van der Waals surface area contributed by atoms with E-state index < -0.39 is 5.72 Å². The third-order valence-electron chi connectivity index (χ3n) is 1.38. The zero-order valence-corrected chi connectivity index (χ0v) is 7.52. The van der Waals surface area contributed by atoms with E-state index in [9.17, 15) is 4.79 Å². The van der Waals surface area contributed by atoms with E-state index in [1.807, 2.05) is 6.92 Å². The average Bonchev–Trinajstić information content (AvgIpc) is 1.86. The highest BCUT2D eigenvalue weighted by Crippen LogP contribution is 2.10. The highest BCUT2D eigenvalue weighted by atomic mass is 16.6. The zero-order chi connectivity index (χ0) is 8.91. The maximum Gasteiger partial charge on any atom is 0.307 e. The van der Waals surface area contributed by atoms with Crippen LogP contribution in [0.1, 0.15) is 40.0 Å². The van der Waals surface area contributed by atoms with Crippen molar-refractivity contribution in [2.75, 3.05) is 0 Å². The third kappa shape index (κ3) is 4.79. The standard InChI is InChI=1S/C8H17NO2/c1-4-6-8(3,9)11-7(10)5-2/h4-6,9H2,1-3H3. The Balaban J connectivity index is 3.80. The largest absolute Gasteiger partial charge is 0.444 e. The molecule has 3 heteroatoms. The molecule has 0 rings (SSSR count). The van der Waals surface area contributed by atoms with Gasteiger partial charge >= 0.3 is 5.97 Å². The maximum absolute atomic E-state index is 10.8. The van der Waals surface area contributed by atoms with Crippen LogP contribution in [0.3, 0.4) is 0 Å². The van der Waals surface area contributed by atoms with Gasteiger partial charge in [0.2, 0.25) is 0 Å². The van der Waals surface area contributed by atoms with Gasteiger partial charge in [-0.2, -0.15) is 0 Å². The number of hydrogen-bond acceptors (Lipinski definition) is 3. The van der Waals surface area contributed by atoms with Crippen LogP contribution in [-0.2, 0) is 9.53 Å². The van der Waals surface area contributed by atoms with E-state index in [2.05, 4.69) is 0 Å². The summed E-state index contributed by atoms with van der Waals surface area (Å²) in [5.41, 5.74) is 4.88. The molecule has 66 valence electrons. The van der Waals surface area contributed by atoms with E-state index in [-0.39, 0.29) is 5.97 Å². The SMILES string of the molecule is CCCC(C)(N)OC(=O)CC. The van der Waals surface area contributed by atoms with Gasteiger partial charge in [0.15, 0.2) is 5.72 Å². The van der Waals surface area contributed by atoms with Crippen LogP contribution in [0.4, 0.5) is 0 Å². The van der Waals surface area contributed by atoms with Gasteiger partial charge in [0.25, 0.3) is 0 Å². The van der Waals surface area contributed by atoms with Crippen molar-refractivity contribution in [1.29, 1.82) is 0 Å². The average molecular weight is 159 g/mol. The Hall–Kier alpha value is -0.570. The predicted molar refractivity (Wildman–Crippen MR) is 43.9 cm³/mol. The molecule has 3 nitrogen and oxygen atoms in total. The normalized spacial score (nSPS) is 15.6. The van der Waals surface area contributed by atoms with E-state index in [0.29, 0.717) is 12.8 Å². The summed E-state index contributed by atoms with van der Waals surface area (Å²) in [6.45, 7) is 5.49. The zero-order valence-electron chi connectivity index (χ0n) is 7.52. The van der Waals surface area contributed by atoms with Gasteiger partial charge in [-0.3, -0.25) is 10.5 Å². The minimum atomic E-state index is -0.776. The topological polar surface area (TPSA) is 52.3 Å². The first kappa shape index (κ1) is 10.4. The fourth-order valence-corrected chi connectivity index (χ4v) is 0.880. The van der Waals surface area contributed by atoms with Crippen LogP contribution < -0.4 is 5.73 Å². The Morgan fingerprint density at radius 2 is 2.09 bits per heavy atom. The van der Waals surface area contributed by atoms with Crippen LogP contribution in [0, 0.1) is 0 Å². The first-order valence-electron chi connectivity index (χ1n) is 4.02. The van der Waals surface area contributed by atoms with Gasteiger partial charge in [0.05, 0.1) is 0 Å². The molecule has 0 bridgehead atoms. The van der Waals surface area contributed by atoms with Crippen molar-refractivity contribution in [3.63, 3.8) is 0 Å². The number of ether oxygens (including phenoxy) is 1. The third-order valence-corrected chi connectivity index (χ3v) is 1.38. The molecule has 1 unspecified atom stereocenters. The van der Waals surface area contributed by atoms with Crippen LogP contribution in [0.2, 0.25) is 0 Å². The molecule has 0 aliphatic rings. The van der Waals surface area contributed by atoms with Gasteiger partial charge in [0, 0.05) is 12.8 Å². The summed E-state index contributed by atoms with van der Waals surface area (Å²) >= 11 is 0.